The normalized spacial score (nSPS) is 12.8. The van der Waals surface area contributed by atoms with Crippen LogP contribution in [0.25, 0.3) is 0 Å². The summed E-state index contributed by atoms with van der Waals surface area (Å²) in [7, 11) is 0. The van der Waals surface area contributed by atoms with Gasteiger partial charge in [0.1, 0.15) is 11.9 Å². The Morgan fingerprint density at radius 3 is 2.50 bits per heavy atom. The molecule has 0 bridgehead atoms. The van der Waals surface area contributed by atoms with Crippen molar-refractivity contribution in [1.82, 2.24) is 10.6 Å². The molecule has 0 saturated carbocycles. The second-order valence-corrected chi connectivity index (χ2v) is 4.61. The molecular formula is C16H27N3O. The molecule has 2 N–H and O–H groups in total. The van der Waals surface area contributed by atoms with Crippen LogP contribution < -0.4 is 15.4 Å². The summed E-state index contributed by atoms with van der Waals surface area (Å²) in [5.74, 6) is 1.77. The summed E-state index contributed by atoms with van der Waals surface area (Å²) in [6.07, 6.45) is 2.13. The van der Waals surface area contributed by atoms with E-state index in [0.29, 0.717) is 6.54 Å². The van der Waals surface area contributed by atoms with E-state index >= 15 is 0 Å². The molecule has 0 spiro atoms. The zero-order valence-corrected chi connectivity index (χ0v) is 12.9. The summed E-state index contributed by atoms with van der Waals surface area (Å²) < 4.78 is 5.93. The number of guanidine groups is 1. The highest BCUT2D eigenvalue weighted by molar-refractivity contribution is 5.79. The first-order valence-electron chi connectivity index (χ1n) is 7.54. The van der Waals surface area contributed by atoms with Crippen molar-refractivity contribution in [3.8, 4) is 5.75 Å². The Balaban J connectivity index is 2.52. The second-order valence-electron chi connectivity index (χ2n) is 4.61. The molecular weight excluding hydrogens is 250 g/mol. The standard InChI is InChI=1S/C16H27N3O/c1-4-12-18-16(17-6-3)19-13-14(5-2)20-15-10-8-7-9-11-15/h7-11,14H,4-6,12-13H2,1-3H3,(H2,17,18,19). The predicted molar refractivity (Wildman–Crippen MR) is 85.4 cm³/mol. The Morgan fingerprint density at radius 2 is 1.90 bits per heavy atom. The van der Waals surface area contributed by atoms with Gasteiger partial charge in [0.15, 0.2) is 5.96 Å². The molecule has 4 nitrogen and oxygen atoms in total. The zero-order chi connectivity index (χ0) is 14.6. The lowest BCUT2D eigenvalue weighted by Crippen LogP contribution is -2.38. The summed E-state index contributed by atoms with van der Waals surface area (Å²) in [5.41, 5.74) is 0. The van der Waals surface area contributed by atoms with Crippen molar-refractivity contribution in [1.29, 1.82) is 0 Å². The van der Waals surface area contributed by atoms with Gasteiger partial charge in [-0.25, -0.2) is 4.99 Å². The van der Waals surface area contributed by atoms with Gasteiger partial charge in [-0.05, 0) is 31.9 Å². The Labute approximate surface area is 122 Å². The quantitative estimate of drug-likeness (QED) is 0.567. The second kappa shape index (κ2) is 10.1. The molecule has 0 aliphatic rings. The highest BCUT2D eigenvalue weighted by Crippen LogP contribution is 2.12. The molecule has 1 aromatic carbocycles. The van der Waals surface area contributed by atoms with Gasteiger partial charge >= 0.3 is 0 Å². The van der Waals surface area contributed by atoms with Crippen LogP contribution in [-0.4, -0.2) is 31.7 Å². The van der Waals surface area contributed by atoms with E-state index in [9.17, 15) is 0 Å². The van der Waals surface area contributed by atoms with Crippen molar-refractivity contribution in [2.45, 2.75) is 39.7 Å². The van der Waals surface area contributed by atoms with Gasteiger partial charge in [-0.15, -0.1) is 0 Å². The number of nitrogens with zero attached hydrogens (tertiary/aromatic N) is 1. The van der Waals surface area contributed by atoms with Crippen LogP contribution in [-0.2, 0) is 0 Å². The maximum atomic E-state index is 5.93. The summed E-state index contributed by atoms with van der Waals surface area (Å²) in [4.78, 5) is 4.59. The topological polar surface area (TPSA) is 45.7 Å². The average Bonchev–Trinajstić information content (AvgIpc) is 2.49. The molecule has 0 radical (unpaired) electrons. The highest BCUT2D eigenvalue weighted by atomic mass is 16.5. The minimum atomic E-state index is 0.106. The Morgan fingerprint density at radius 1 is 1.15 bits per heavy atom. The fourth-order valence-electron chi connectivity index (χ4n) is 1.72. The number of hydrogen-bond donors (Lipinski definition) is 2. The molecule has 0 fully saturated rings. The maximum absolute atomic E-state index is 5.93. The van der Waals surface area contributed by atoms with E-state index < -0.39 is 0 Å². The number of benzene rings is 1. The number of ether oxygens (including phenoxy) is 1. The van der Waals surface area contributed by atoms with Crippen molar-refractivity contribution >= 4 is 5.96 Å². The van der Waals surface area contributed by atoms with Gasteiger partial charge in [-0.3, -0.25) is 0 Å². The summed E-state index contributed by atoms with van der Waals surface area (Å²) in [6.45, 7) is 8.79. The molecule has 1 aromatic rings. The smallest absolute Gasteiger partial charge is 0.191 e. The first kappa shape index (κ1) is 16.3. The Kier molecular flexibility index (Phi) is 8.27. The van der Waals surface area contributed by atoms with Crippen molar-refractivity contribution in [2.75, 3.05) is 19.6 Å². The van der Waals surface area contributed by atoms with Gasteiger partial charge in [-0.2, -0.15) is 0 Å². The van der Waals surface area contributed by atoms with Crippen LogP contribution in [0, 0.1) is 0 Å². The van der Waals surface area contributed by atoms with Gasteiger partial charge in [0.25, 0.3) is 0 Å². The van der Waals surface area contributed by atoms with E-state index in [-0.39, 0.29) is 6.10 Å². The third kappa shape index (κ3) is 6.45. The van der Waals surface area contributed by atoms with Crippen LogP contribution in [0.2, 0.25) is 0 Å². The molecule has 112 valence electrons. The Bertz CT molecular complexity index is 379. The van der Waals surface area contributed by atoms with Crippen molar-refractivity contribution in [3.63, 3.8) is 0 Å². The SMILES string of the molecule is CCCNC(=NCC(CC)Oc1ccccc1)NCC. The van der Waals surface area contributed by atoms with Gasteiger partial charge in [-0.1, -0.05) is 32.0 Å². The lowest BCUT2D eigenvalue weighted by molar-refractivity contribution is 0.205. The van der Waals surface area contributed by atoms with Gasteiger partial charge in [0.2, 0.25) is 0 Å². The van der Waals surface area contributed by atoms with Crippen molar-refractivity contribution < 1.29 is 4.74 Å². The first-order chi connectivity index (χ1) is 9.80. The number of hydrogen-bond acceptors (Lipinski definition) is 2. The minimum absolute atomic E-state index is 0.106. The van der Waals surface area contributed by atoms with E-state index in [0.717, 1.165) is 37.6 Å². The van der Waals surface area contributed by atoms with Crippen LogP contribution in [0.5, 0.6) is 5.75 Å². The molecule has 0 aromatic heterocycles. The fraction of sp³-hybridized carbons (Fsp3) is 0.562. The van der Waals surface area contributed by atoms with E-state index in [1.807, 2.05) is 30.3 Å². The van der Waals surface area contributed by atoms with Crippen LogP contribution in [0.3, 0.4) is 0 Å². The number of para-hydroxylation sites is 1. The average molecular weight is 277 g/mol. The molecule has 4 heteroatoms. The van der Waals surface area contributed by atoms with Crippen LogP contribution in [0.1, 0.15) is 33.6 Å². The summed E-state index contributed by atoms with van der Waals surface area (Å²) in [5, 5.41) is 6.54. The van der Waals surface area contributed by atoms with Crippen LogP contribution in [0.15, 0.2) is 35.3 Å². The molecule has 0 saturated heterocycles. The number of nitrogens with one attached hydrogen (secondary N) is 2. The molecule has 0 heterocycles. The van der Waals surface area contributed by atoms with E-state index in [2.05, 4.69) is 36.4 Å². The largest absolute Gasteiger partial charge is 0.489 e. The molecule has 1 rings (SSSR count). The van der Waals surface area contributed by atoms with E-state index in [4.69, 9.17) is 4.74 Å². The maximum Gasteiger partial charge on any atom is 0.191 e. The molecule has 20 heavy (non-hydrogen) atoms. The summed E-state index contributed by atoms with van der Waals surface area (Å²) in [6, 6.07) is 9.92. The molecule has 1 atom stereocenters. The lowest BCUT2D eigenvalue weighted by atomic mass is 10.2. The monoisotopic (exact) mass is 277 g/mol. The predicted octanol–water partition coefficient (Wildman–Crippen LogP) is 2.81. The number of rotatable bonds is 8. The Hall–Kier alpha value is -1.71. The third-order valence-electron chi connectivity index (χ3n) is 2.84. The van der Waals surface area contributed by atoms with Gasteiger partial charge < -0.3 is 15.4 Å². The molecule has 0 aliphatic heterocycles. The van der Waals surface area contributed by atoms with Crippen molar-refractivity contribution in [3.05, 3.63) is 30.3 Å². The van der Waals surface area contributed by atoms with E-state index in [1.165, 1.54) is 0 Å². The molecule has 1 unspecified atom stereocenters. The van der Waals surface area contributed by atoms with Crippen LogP contribution >= 0.6 is 0 Å². The third-order valence-corrected chi connectivity index (χ3v) is 2.84. The summed E-state index contributed by atoms with van der Waals surface area (Å²) >= 11 is 0. The number of aliphatic imine (C=N–C) groups is 1. The minimum Gasteiger partial charge on any atom is -0.489 e. The van der Waals surface area contributed by atoms with Gasteiger partial charge in [0.05, 0.1) is 6.54 Å². The molecule has 0 aliphatic carbocycles. The van der Waals surface area contributed by atoms with E-state index in [1.54, 1.807) is 0 Å². The fourth-order valence-corrected chi connectivity index (χ4v) is 1.72. The lowest BCUT2D eigenvalue weighted by Gasteiger charge is -2.17. The first-order valence-corrected chi connectivity index (χ1v) is 7.54. The van der Waals surface area contributed by atoms with Crippen molar-refractivity contribution in [2.24, 2.45) is 4.99 Å². The molecule has 0 amide bonds. The van der Waals surface area contributed by atoms with Crippen LogP contribution in [0.4, 0.5) is 0 Å². The zero-order valence-electron chi connectivity index (χ0n) is 12.9. The van der Waals surface area contributed by atoms with Gasteiger partial charge in [0, 0.05) is 13.1 Å². The highest BCUT2D eigenvalue weighted by Gasteiger charge is 2.07.